The Hall–Kier alpha value is -1.69. The number of aromatic nitrogens is 3. The van der Waals surface area contributed by atoms with Crippen LogP contribution in [-0.4, -0.2) is 32.4 Å². The summed E-state index contributed by atoms with van der Waals surface area (Å²) in [6.07, 6.45) is 4.06. The number of hydrogen-bond acceptors (Lipinski definition) is 6. The maximum absolute atomic E-state index is 11.6. The van der Waals surface area contributed by atoms with Gasteiger partial charge in [0.1, 0.15) is 5.92 Å². The molecule has 1 aliphatic rings. The zero-order valence-electron chi connectivity index (χ0n) is 9.57. The third-order valence-corrected chi connectivity index (χ3v) is 3.87. The molecule has 0 saturated carbocycles. The summed E-state index contributed by atoms with van der Waals surface area (Å²) < 4.78 is 5.18. The van der Waals surface area contributed by atoms with Gasteiger partial charge in [0.25, 0.3) is 0 Å². The smallest absolute Gasteiger partial charge is 0.238 e. The highest BCUT2D eigenvalue weighted by Crippen LogP contribution is 2.28. The van der Waals surface area contributed by atoms with Crippen LogP contribution in [-0.2, 0) is 11.2 Å². The van der Waals surface area contributed by atoms with E-state index < -0.39 is 0 Å². The molecule has 0 radical (unpaired) electrons. The summed E-state index contributed by atoms with van der Waals surface area (Å²) >= 11 is 1.61. The highest BCUT2D eigenvalue weighted by atomic mass is 32.2. The molecule has 0 aliphatic carbocycles. The first-order chi connectivity index (χ1) is 8.83. The van der Waals surface area contributed by atoms with E-state index in [1.807, 2.05) is 12.1 Å². The predicted molar refractivity (Wildman–Crippen MR) is 66.4 cm³/mol. The fraction of sp³-hybridized carbons (Fsp3) is 0.333. The van der Waals surface area contributed by atoms with E-state index >= 15 is 0 Å². The highest BCUT2D eigenvalue weighted by molar-refractivity contribution is 8.00. The van der Waals surface area contributed by atoms with Crippen LogP contribution in [0.3, 0.4) is 0 Å². The Morgan fingerprint density at radius 1 is 1.39 bits per heavy atom. The predicted octanol–water partition coefficient (Wildman–Crippen LogP) is 1.45. The van der Waals surface area contributed by atoms with Crippen molar-refractivity contribution in [1.29, 1.82) is 0 Å². The second-order valence-corrected chi connectivity index (χ2v) is 5.15. The number of carbonyl (C=O) groups excluding carboxylic acids is 1. The SMILES string of the molecule is O=C1CSCC1c1nc(Cc2ccncc2)no1. The van der Waals surface area contributed by atoms with Crippen molar-refractivity contribution in [2.45, 2.75) is 12.3 Å². The van der Waals surface area contributed by atoms with Crippen LogP contribution in [0, 0.1) is 0 Å². The Morgan fingerprint density at radius 3 is 2.94 bits per heavy atom. The van der Waals surface area contributed by atoms with E-state index in [4.69, 9.17) is 4.52 Å². The lowest BCUT2D eigenvalue weighted by atomic mass is 10.1. The maximum Gasteiger partial charge on any atom is 0.238 e. The van der Waals surface area contributed by atoms with Crippen molar-refractivity contribution in [2.24, 2.45) is 0 Å². The van der Waals surface area contributed by atoms with Crippen LogP contribution < -0.4 is 0 Å². The molecule has 1 fully saturated rings. The number of carbonyl (C=O) groups is 1. The van der Waals surface area contributed by atoms with Crippen molar-refractivity contribution in [2.75, 3.05) is 11.5 Å². The first kappa shape index (κ1) is 11.4. The molecule has 1 atom stereocenters. The van der Waals surface area contributed by atoms with Crippen molar-refractivity contribution in [1.82, 2.24) is 15.1 Å². The van der Waals surface area contributed by atoms with Gasteiger partial charge in [-0.15, -0.1) is 0 Å². The Bertz CT molecular complexity index is 555. The van der Waals surface area contributed by atoms with Crippen molar-refractivity contribution in [3.63, 3.8) is 0 Å². The van der Waals surface area contributed by atoms with Gasteiger partial charge in [-0.05, 0) is 17.7 Å². The Kier molecular flexibility index (Phi) is 3.10. The normalized spacial score (nSPS) is 19.3. The monoisotopic (exact) mass is 261 g/mol. The minimum Gasteiger partial charge on any atom is -0.339 e. The fourth-order valence-corrected chi connectivity index (χ4v) is 2.93. The van der Waals surface area contributed by atoms with Gasteiger partial charge in [0.2, 0.25) is 5.89 Å². The van der Waals surface area contributed by atoms with Crippen molar-refractivity contribution >= 4 is 17.5 Å². The number of hydrogen-bond donors (Lipinski definition) is 0. The molecule has 0 spiro atoms. The van der Waals surface area contributed by atoms with Gasteiger partial charge >= 0.3 is 0 Å². The van der Waals surface area contributed by atoms with Crippen LogP contribution >= 0.6 is 11.8 Å². The quantitative estimate of drug-likeness (QED) is 0.833. The molecule has 3 rings (SSSR count). The van der Waals surface area contributed by atoms with Gasteiger partial charge in [-0.25, -0.2) is 0 Å². The zero-order chi connectivity index (χ0) is 12.4. The van der Waals surface area contributed by atoms with E-state index in [0.29, 0.717) is 23.9 Å². The lowest BCUT2D eigenvalue weighted by Gasteiger charge is -1.97. The van der Waals surface area contributed by atoms with E-state index in [9.17, 15) is 4.79 Å². The molecule has 18 heavy (non-hydrogen) atoms. The molecule has 0 bridgehead atoms. The highest BCUT2D eigenvalue weighted by Gasteiger charge is 2.31. The number of rotatable bonds is 3. The van der Waals surface area contributed by atoms with E-state index in [0.717, 1.165) is 11.3 Å². The molecule has 1 saturated heterocycles. The standard InChI is InChI=1S/C12H11N3O2S/c16-10-7-18-6-9(10)12-14-11(15-17-12)5-8-1-3-13-4-2-8/h1-4,9H,5-7H2. The van der Waals surface area contributed by atoms with Gasteiger partial charge in [0.15, 0.2) is 11.6 Å². The molecular weight excluding hydrogens is 250 g/mol. The van der Waals surface area contributed by atoms with E-state index in [1.54, 1.807) is 24.2 Å². The van der Waals surface area contributed by atoms with Crippen LogP contribution in [0.1, 0.15) is 23.2 Å². The topological polar surface area (TPSA) is 68.9 Å². The molecule has 0 aromatic carbocycles. The molecule has 3 heterocycles. The molecule has 0 N–H and O–H groups in total. The summed E-state index contributed by atoms with van der Waals surface area (Å²) in [5, 5.41) is 3.92. The summed E-state index contributed by atoms with van der Waals surface area (Å²) in [6.45, 7) is 0. The molecule has 5 nitrogen and oxygen atoms in total. The van der Waals surface area contributed by atoms with E-state index in [2.05, 4.69) is 15.1 Å². The third kappa shape index (κ3) is 2.28. The third-order valence-electron chi connectivity index (χ3n) is 2.81. The number of Topliss-reactive ketones (excluding diaryl/α,β-unsaturated/α-hetero) is 1. The summed E-state index contributed by atoms with van der Waals surface area (Å²) in [5.74, 6) is 2.32. The Labute approximate surface area is 108 Å². The summed E-state index contributed by atoms with van der Waals surface area (Å²) in [4.78, 5) is 19.8. The minimum atomic E-state index is -0.214. The van der Waals surface area contributed by atoms with Crippen molar-refractivity contribution < 1.29 is 9.32 Å². The maximum atomic E-state index is 11.6. The first-order valence-corrected chi connectivity index (χ1v) is 6.80. The molecule has 92 valence electrons. The average molecular weight is 261 g/mol. The minimum absolute atomic E-state index is 0.180. The van der Waals surface area contributed by atoms with Crippen LogP contribution in [0.2, 0.25) is 0 Å². The van der Waals surface area contributed by atoms with Crippen LogP contribution in [0.5, 0.6) is 0 Å². The first-order valence-electron chi connectivity index (χ1n) is 5.65. The van der Waals surface area contributed by atoms with Crippen LogP contribution in [0.25, 0.3) is 0 Å². The zero-order valence-corrected chi connectivity index (χ0v) is 10.4. The lowest BCUT2D eigenvalue weighted by molar-refractivity contribution is -0.117. The van der Waals surface area contributed by atoms with Gasteiger partial charge in [0, 0.05) is 24.6 Å². The molecule has 0 amide bonds. The number of thioether (sulfide) groups is 1. The molecule has 6 heteroatoms. The van der Waals surface area contributed by atoms with Crippen molar-refractivity contribution in [3.8, 4) is 0 Å². The number of pyridine rings is 1. The van der Waals surface area contributed by atoms with Gasteiger partial charge in [-0.1, -0.05) is 5.16 Å². The number of nitrogens with zero attached hydrogens (tertiary/aromatic N) is 3. The average Bonchev–Trinajstić information content (AvgIpc) is 2.99. The fourth-order valence-electron chi connectivity index (χ4n) is 1.84. The summed E-state index contributed by atoms with van der Waals surface area (Å²) in [5.41, 5.74) is 1.07. The van der Waals surface area contributed by atoms with Crippen LogP contribution in [0.15, 0.2) is 29.0 Å². The van der Waals surface area contributed by atoms with Crippen LogP contribution in [0.4, 0.5) is 0 Å². The van der Waals surface area contributed by atoms with Gasteiger partial charge in [0.05, 0.1) is 5.75 Å². The molecular formula is C12H11N3O2S. The van der Waals surface area contributed by atoms with E-state index in [-0.39, 0.29) is 11.7 Å². The molecule has 2 aromatic heterocycles. The van der Waals surface area contributed by atoms with Crippen molar-refractivity contribution in [3.05, 3.63) is 41.8 Å². The Morgan fingerprint density at radius 2 is 2.22 bits per heavy atom. The molecule has 1 aliphatic heterocycles. The van der Waals surface area contributed by atoms with E-state index in [1.165, 1.54) is 0 Å². The van der Waals surface area contributed by atoms with Gasteiger partial charge < -0.3 is 4.52 Å². The Balaban J connectivity index is 1.76. The lowest BCUT2D eigenvalue weighted by Crippen LogP contribution is -2.09. The molecule has 2 aromatic rings. The second kappa shape index (κ2) is 4.89. The number of ketones is 1. The van der Waals surface area contributed by atoms with Gasteiger partial charge in [-0.2, -0.15) is 16.7 Å². The van der Waals surface area contributed by atoms with Gasteiger partial charge in [-0.3, -0.25) is 9.78 Å². The summed E-state index contributed by atoms with van der Waals surface area (Å²) in [6, 6.07) is 3.82. The largest absolute Gasteiger partial charge is 0.339 e. The summed E-state index contributed by atoms with van der Waals surface area (Å²) in [7, 11) is 0. The molecule has 1 unspecified atom stereocenters. The second-order valence-electron chi connectivity index (χ2n) is 4.12.